The lowest BCUT2D eigenvalue weighted by Crippen LogP contribution is -2.45. The van der Waals surface area contributed by atoms with Crippen LogP contribution in [0.3, 0.4) is 0 Å². The van der Waals surface area contributed by atoms with Crippen LogP contribution in [0.15, 0.2) is 43.1 Å². The highest BCUT2D eigenvalue weighted by atomic mass is 19.1. The Hall–Kier alpha value is -3.64. The summed E-state index contributed by atoms with van der Waals surface area (Å²) >= 11 is 0. The van der Waals surface area contributed by atoms with Crippen LogP contribution in [-0.2, 0) is 14.3 Å². The normalized spacial score (nSPS) is 19.6. The van der Waals surface area contributed by atoms with Crippen LogP contribution in [0.5, 0.6) is 5.75 Å². The predicted octanol–water partition coefficient (Wildman–Crippen LogP) is 4.07. The molecular formula is C29H40FN7O4. The average molecular weight is 570 g/mol. The molecule has 222 valence electrons. The molecule has 0 radical (unpaired) electrons. The number of benzene rings is 1. The van der Waals surface area contributed by atoms with Crippen LogP contribution in [0.25, 0.3) is 17.1 Å². The van der Waals surface area contributed by atoms with Crippen LogP contribution in [0, 0.1) is 0 Å². The molecule has 0 aliphatic heterocycles. The lowest BCUT2D eigenvalue weighted by molar-refractivity contribution is -0.156. The summed E-state index contributed by atoms with van der Waals surface area (Å²) in [4.78, 5) is 24.8. The second kappa shape index (κ2) is 13.3. The SMILES string of the molecule is COCOc1cc(-n2ccnc2)ccc1-c1ncc(N(C)[C@H]2CC(N(C)CC(=O)OC(C)(C)C)CCCC2F)nn1. The molecule has 2 aromatic heterocycles. The molecule has 0 N–H and O–H groups in total. The number of carbonyl (C=O) groups excluding carboxylic acids is 1. The highest BCUT2D eigenvalue weighted by molar-refractivity contribution is 5.72. The van der Waals surface area contributed by atoms with Crippen LogP contribution >= 0.6 is 0 Å². The number of aromatic nitrogens is 5. The van der Waals surface area contributed by atoms with Crippen LogP contribution in [0.4, 0.5) is 10.2 Å². The first-order valence-electron chi connectivity index (χ1n) is 13.8. The number of alkyl halides is 1. The Labute approximate surface area is 240 Å². The van der Waals surface area contributed by atoms with E-state index in [0.29, 0.717) is 35.8 Å². The molecule has 0 saturated heterocycles. The Kier molecular flexibility index (Phi) is 9.87. The summed E-state index contributed by atoms with van der Waals surface area (Å²) < 4.78 is 33.6. The number of halogens is 1. The number of likely N-dealkylation sites (N-methyl/N-ethyl adjacent to an activating group) is 1. The monoisotopic (exact) mass is 569 g/mol. The zero-order chi connectivity index (χ0) is 29.6. The fourth-order valence-corrected chi connectivity index (χ4v) is 5.03. The zero-order valence-corrected chi connectivity index (χ0v) is 24.7. The molecule has 3 aromatic rings. The number of hydrogen-bond acceptors (Lipinski definition) is 10. The number of carbonyl (C=O) groups is 1. The standard InChI is InChI=1S/C29H40FN7O4/c1-29(2,3)41-27(38)17-35(4)20-8-7-9-23(30)24(14-20)36(5)26-16-32-28(34-33-26)22-11-10-21(37-13-12-31-18-37)15-25(22)40-19-39-6/h10-13,15-16,18,20,23-24H,7-9,14,17,19H2,1-6H3/t20?,23?,24-/m0/s1. The van der Waals surface area contributed by atoms with E-state index in [1.165, 1.54) is 0 Å². The molecule has 1 fully saturated rings. The smallest absolute Gasteiger partial charge is 0.320 e. The van der Waals surface area contributed by atoms with Crippen molar-refractivity contribution in [3.63, 3.8) is 0 Å². The van der Waals surface area contributed by atoms with Crippen LogP contribution in [-0.4, -0.2) is 94.0 Å². The quantitative estimate of drug-likeness (QED) is 0.201. The Morgan fingerprint density at radius 1 is 1.20 bits per heavy atom. The van der Waals surface area contributed by atoms with Crippen molar-refractivity contribution in [2.24, 2.45) is 0 Å². The highest BCUT2D eigenvalue weighted by Crippen LogP contribution is 2.32. The van der Waals surface area contributed by atoms with E-state index in [-0.39, 0.29) is 25.3 Å². The minimum absolute atomic E-state index is 0.0189. The molecule has 1 aliphatic carbocycles. The van der Waals surface area contributed by atoms with E-state index >= 15 is 4.39 Å². The second-order valence-electron chi connectivity index (χ2n) is 11.4. The Morgan fingerprint density at radius 2 is 2.00 bits per heavy atom. The van der Waals surface area contributed by atoms with Crippen LogP contribution < -0.4 is 9.64 Å². The van der Waals surface area contributed by atoms with Gasteiger partial charge in [0.25, 0.3) is 0 Å². The molecule has 41 heavy (non-hydrogen) atoms. The van der Waals surface area contributed by atoms with Crippen molar-refractivity contribution >= 4 is 11.8 Å². The van der Waals surface area contributed by atoms with E-state index in [9.17, 15) is 4.79 Å². The summed E-state index contributed by atoms with van der Waals surface area (Å²) in [5.74, 6) is 1.08. The number of methoxy groups -OCH3 is 1. The molecular weight excluding hydrogens is 529 g/mol. The lowest BCUT2D eigenvalue weighted by Gasteiger charge is -2.34. The van der Waals surface area contributed by atoms with E-state index in [2.05, 4.69) is 20.2 Å². The van der Waals surface area contributed by atoms with Gasteiger partial charge in [0.05, 0.1) is 36.4 Å². The number of nitrogens with zero attached hydrogens (tertiary/aromatic N) is 7. The first-order valence-corrected chi connectivity index (χ1v) is 13.8. The highest BCUT2D eigenvalue weighted by Gasteiger charge is 2.34. The molecule has 0 spiro atoms. The zero-order valence-electron chi connectivity index (χ0n) is 24.7. The molecule has 0 bridgehead atoms. The lowest BCUT2D eigenvalue weighted by atomic mass is 10.0. The minimum atomic E-state index is -1.05. The van der Waals surface area contributed by atoms with E-state index in [1.807, 2.05) is 68.7 Å². The van der Waals surface area contributed by atoms with Gasteiger partial charge in [-0.05, 0) is 65.6 Å². The molecule has 0 amide bonds. The van der Waals surface area contributed by atoms with Crippen molar-refractivity contribution in [2.45, 2.75) is 70.3 Å². The van der Waals surface area contributed by atoms with Gasteiger partial charge in [-0.2, -0.15) is 0 Å². The number of hydrogen-bond donors (Lipinski definition) is 0. The molecule has 11 nitrogen and oxygen atoms in total. The van der Waals surface area contributed by atoms with E-state index < -0.39 is 17.8 Å². The van der Waals surface area contributed by atoms with Crippen LogP contribution in [0.2, 0.25) is 0 Å². The van der Waals surface area contributed by atoms with E-state index in [4.69, 9.17) is 14.2 Å². The summed E-state index contributed by atoms with van der Waals surface area (Å²) in [5, 5.41) is 8.77. The topological polar surface area (TPSA) is 108 Å². The van der Waals surface area contributed by atoms with Gasteiger partial charge < -0.3 is 23.7 Å². The number of anilines is 1. The third-order valence-corrected chi connectivity index (χ3v) is 7.12. The first kappa shape index (κ1) is 30.3. The molecule has 3 atom stereocenters. The maximum Gasteiger partial charge on any atom is 0.320 e. The summed E-state index contributed by atoms with van der Waals surface area (Å²) in [7, 11) is 5.25. The first-order chi connectivity index (χ1) is 19.6. The van der Waals surface area contributed by atoms with Crippen LogP contribution in [0.1, 0.15) is 46.5 Å². The fraction of sp³-hybridized carbons (Fsp3) is 0.552. The summed E-state index contributed by atoms with van der Waals surface area (Å²) in [6.07, 6.45) is 8.29. The maximum atomic E-state index is 15.4. The third kappa shape index (κ3) is 7.98. The maximum absolute atomic E-state index is 15.4. The van der Waals surface area contributed by atoms with Crippen molar-refractivity contribution in [1.82, 2.24) is 29.6 Å². The molecule has 1 aromatic carbocycles. The number of ether oxygens (including phenoxy) is 3. The van der Waals surface area contributed by atoms with Gasteiger partial charge in [0.2, 0.25) is 0 Å². The van der Waals surface area contributed by atoms with Gasteiger partial charge in [-0.15, -0.1) is 10.2 Å². The Balaban J connectivity index is 1.50. The summed E-state index contributed by atoms with van der Waals surface area (Å²) in [6, 6.07) is 5.19. The van der Waals surface area contributed by atoms with E-state index in [1.54, 1.807) is 30.7 Å². The second-order valence-corrected chi connectivity index (χ2v) is 11.4. The van der Waals surface area contributed by atoms with Crippen molar-refractivity contribution < 1.29 is 23.4 Å². The molecule has 2 unspecified atom stereocenters. The van der Waals surface area contributed by atoms with Gasteiger partial charge in [0.15, 0.2) is 18.4 Å². The van der Waals surface area contributed by atoms with Gasteiger partial charge in [0.1, 0.15) is 17.5 Å². The average Bonchev–Trinajstić information content (AvgIpc) is 3.40. The largest absolute Gasteiger partial charge is 0.467 e. The molecule has 1 aliphatic rings. The molecule has 2 heterocycles. The number of rotatable bonds is 10. The molecule has 1 saturated carbocycles. The Bertz CT molecular complexity index is 1270. The minimum Gasteiger partial charge on any atom is -0.467 e. The predicted molar refractivity (Wildman–Crippen MR) is 153 cm³/mol. The van der Waals surface area contributed by atoms with Gasteiger partial charge in [0, 0.05) is 38.7 Å². The van der Waals surface area contributed by atoms with Gasteiger partial charge in [-0.25, -0.2) is 14.4 Å². The third-order valence-electron chi connectivity index (χ3n) is 7.12. The summed E-state index contributed by atoms with van der Waals surface area (Å²) in [5.41, 5.74) is 0.953. The Morgan fingerprint density at radius 3 is 2.66 bits per heavy atom. The van der Waals surface area contributed by atoms with Crippen molar-refractivity contribution in [2.75, 3.05) is 39.4 Å². The number of esters is 1. The van der Waals surface area contributed by atoms with Gasteiger partial charge in [-0.1, -0.05) is 0 Å². The summed E-state index contributed by atoms with van der Waals surface area (Å²) in [6.45, 7) is 5.74. The van der Waals surface area contributed by atoms with Crippen molar-refractivity contribution in [1.29, 1.82) is 0 Å². The van der Waals surface area contributed by atoms with Crippen molar-refractivity contribution in [3.05, 3.63) is 43.1 Å². The molecule has 12 heteroatoms. The molecule has 4 rings (SSSR count). The van der Waals surface area contributed by atoms with E-state index in [0.717, 1.165) is 18.5 Å². The fourth-order valence-electron chi connectivity index (χ4n) is 5.03. The van der Waals surface area contributed by atoms with Gasteiger partial charge in [-0.3, -0.25) is 9.69 Å². The van der Waals surface area contributed by atoms with Gasteiger partial charge >= 0.3 is 5.97 Å². The van der Waals surface area contributed by atoms with Crippen molar-refractivity contribution in [3.8, 4) is 22.8 Å². The number of imidazole rings is 1.